The van der Waals surface area contributed by atoms with Crippen molar-refractivity contribution in [3.63, 3.8) is 0 Å². The van der Waals surface area contributed by atoms with Crippen LogP contribution >= 0.6 is 7.67 Å². The minimum absolute atomic E-state index is 0.289. The molecule has 3 rings (SSSR count). The molecule has 1 aliphatic heterocycles. The van der Waals surface area contributed by atoms with Gasteiger partial charge in [-0.05, 0) is 38.8 Å². The van der Waals surface area contributed by atoms with E-state index in [0.29, 0.717) is 29.7 Å². The van der Waals surface area contributed by atoms with Gasteiger partial charge in [-0.3, -0.25) is 9.36 Å². The Labute approximate surface area is 190 Å². The van der Waals surface area contributed by atoms with Crippen molar-refractivity contribution in [2.45, 2.75) is 50.5 Å². The first-order valence-electron chi connectivity index (χ1n) is 10.2. The number of ether oxygens (including phenoxy) is 2. The highest BCUT2D eigenvalue weighted by atomic mass is 31.2. The summed E-state index contributed by atoms with van der Waals surface area (Å²) in [6.45, 7) is 2.53. The third kappa shape index (κ3) is 5.38. The SMILES string of the molecule is COC(=O)[C@H](C)NP(=O)(N[C@@H](C)C=O)OC[C@]1(C#N)CC[C@H](c2ccc3c(N)ncnn23)O1. The normalized spacial score (nSPS) is 24.0. The van der Waals surface area contributed by atoms with E-state index in [2.05, 4.69) is 31.1 Å². The molecule has 14 heteroatoms. The lowest BCUT2D eigenvalue weighted by atomic mass is 10.0. The number of aldehydes is 1. The number of hydrogen-bond acceptors (Lipinski definition) is 10. The van der Waals surface area contributed by atoms with Crippen molar-refractivity contribution >= 4 is 31.3 Å². The summed E-state index contributed by atoms with van der Waals surface area (Å²) in [6.07, 6.45) is 2.13. The van der Waals surface area contributed by atoms with E-state index in [0.717, 1.165) is 0 Å². The molecule has 0 spiro atoms. The van der Waals surface area contributed by atoms with E-state index in [9.17, 15) is 19.4 Å². The van der Waals surface area contributed by atoms with Gasteiger partial charge in [0, 0.05) is 0 Å². The van der Waals surface area contributed by atoms with Crippen LogP contribution in [-0.4, -0.2) is 58.3 Å². The summed E-state index contributed by atoms with van der Waals surface area (Å²) in [6, 6.07) is 3.80. The van der Waals surface area contributed by atoms with Crippen LogP contribution in [0, 0.1) is 11.3 Å². The summed E-state index contributed by atoms with van der Waals surface area (Å²) >= 11 is 0. The summed E-state index contributed by atoms with van der Waals surface area (Å²) in [7, 11) is -2.77. The van der Waals surface area contributed by atoms with Gasteiger partial charge in [0.25, 0.3) is 0 Å². The van der Waals surface area contributed by atoms with Crippen molar-refractivity contribution in [2.75, 3.05) is 19.5 Å². The highest BCUT2D eigenvalue weighted by Crippen LogP contribution is 2.45. The second kappa shape index (κ2) is 9.94. The van der Waals surface area contributed by atoms with Gasteiger partial charge >= 0.3 is 13.6 Å². The number of nitrogens with one attached hydrogen (secondary N) is 2. The minimum Gasteiger partial charge on any atom is -0.468 e. The first-order chi connectivity index (χ1) is 15.7. The second-order valence-electron chi connectivity index (χ2n) is 7.70. The summed E-state index contributed by atoms with van der Waals surface area (Å²) in [4.78, 5) is 26.8. The fourth-order valence-electron chi connectivity index (χ4n) is 3.49. The molecular formula is C19H26N7O6P. The van der Waals surface area contributed by atoms with E-state index < -0.39 is 37.4 Å². The zero-order valence-electron chi connectivity index (χ0n) is 18.4. The van der Waals surface area contributed by atoms with Crippen LogP contribution in [0.15, 0.2) is 18.5 Å². The number of anilines is 1. The Balaban J connectivity index is 1.77. The van der Waals surface area contributed by atoms with Gasteiger partial charge in [0.15, 0.2) is 11.4 Å². The maximum atomic E-state index is 13.3. The first kappa shape index (κ1) is 24.8. The van der Waals surface area contributed by atoms with Crippen molar-refractivity contribution in [3.05, 3.63) is 24.2 Å². The number of nitrogen functional groups attached to an aromatic ring is 1. The van der Waals surface area contributed by atoms with Gasteiger partial charge in [-0.1, -0.05) is 0 Å². The molecule has 4 N–H and O–H groups in total. The number of nitrogens with two attached hydrogens (primary N) is 1. The first-order valence-corrected chi connectivity index (χ1v) is 11.8. The van der Waals surface area contributed by atoms with Gasteiger partial charge in [0.2, 0.25) is 0 Å². The summed E-state index contributed by atoms with van der Waals surface area (Å²) in [5, 5.41) is 19.1. The van der Waals surface area contributed by atoms with Crippen LogP contribution < -0.4 is 15.9 Å². The monoisotopic (exact) mass is 479 g/mol. The molecule has 178 valence electrons. The number of carbonyl (C=O) groups is 2. The predicted molar refractivity (Wildman–Crippen MR) is 116 cm³/mol. The third-order valence-corrected chi connectivity index (χ3v) is 7.17. The maximum absolute atomic E-state index is 13.3. The zero-order chi connectivity index (χ0) is 24.2. The number of fused-ring (bicyclic) bond motifs is 1. The Hall–Kier alpha value is -2.88. The molecule has 0 aromatic carbocycles. The fourth-order valence-corrected chi connectivity index (χ4v) is 5.32. The number of rotatable bonds is 10. The fraction of sp³-hybridized carbons (Fsp3) is 0.526. The van der Waals surface area contributed by atoms with Gasteiger partial charge in [0.05, 0.1) is 25.5 Å². The van der Waals surface area contributed by atoms with Crippen LogP contribution in [-0.2, 0) is 28.2 Å². The van der Waals surface area contributed by atoms with E-state index >= 15 is 0 Å². The van der Waals surface area contributed by atoms with E-state index in [-0.39, 0.29) is 13.0 Å². The Morgan fingerprint density at radius 1 is 1.52 bits per heavy atom. The predicted octanol–water partition coefficient (Wildman–Crippen LogP) is 0.878. The minimum atomic E-state index is -3.95. The highest BCUT2D eigenvalue weighted by Gasteiger charge is 2.45. The summed E-state index contributed by atoms with van der Waals surface area (Å²) in [5.74, 6) is -0.362. The van der Waals surface area contributed by atoms with Gasteiger partial charge < -0.3 is 24.5 Å². The van der Waals surface area contributed by atoms with Crippen molar-refractivity contribution in [2.24, 2.45) is 0 Å². The van der Waals surface area contributed by atoms with Crippen molar-refractivity contribution in [1.82, 2.24) is 24.8 Å². The molecule has 1 aliphatic rings. The molecule has 2 aromatic rings. The number of hydrogen-bond donors (Lipinski definition) is 3. The molecule has 13 nitrogen and oxygen atoms in total. The van der Waals surface area contributed by atoms with Crippen LogP contribution in [0.3, 0.4) is 0 Å². The number of nitriles is 1. The largest absolute Gasteiger partial charge is 0.468 e. The quantitative estimate of drug-likeness (QED) is 0.249. The van der Waals surface area contributed by atoms with Crippen LogP contribution in [0.2, 0.25) is 0 Å². The number of nitrogens with zero attached hydrogens (tertiary/aromatic N) is 4. The molecule has 0 amide bonds. The topological polar surface area (TPSA) is 183 Å². The van der Waals surface area contributed by atoms with Crippen LogP contribution in [0.5, 0.6) is 0 Å². The van der Waals surface area contributed by atoms with Gasteiger partial charge in [-0.15, -0.1) is 0 Å². The average molecular weight is 479 g/mol. The molecule has 1 unspecified atom stereocenters. The van der Waals surface area contributed by atoms with Crippen molar-refractivity contribution in [3.8, 4) is 6.07 Å². The zero-order valence-corrected chi connectivity index (χ0v) is 19.3. The van der Waals surface area contributed by atoms with Crippen molar-refractivity contribution < 1.29 is 28.2 Å². The number of methoxy groups -OCH3 is 1. The summed E-state index contributed by atoms with van der Waals surface area (Å²) < 4.78 is 31.2. The lowest BCUT2D eigenvalue weighted by molar-refractivity contribution is -0.142. The van der Waals surface area contributed by atoms with Crippen LogP contribution in [0.4, 0.5) is 5.82 Å². The Morgan fingerprint density at radius 2 is 2.27 bits per heavy atom. The molecule has 1 fully saturated rings. The Kier molecular flexibility index (Phi) is 7.46. The molecule has 3 heterocycles. The van der Waals surface area contributed by atoms with E-state index in [1.165, 1.54) is 27.3 Å². The smallest absolute Gasteiger partial charge is 0.342 e. The molecule has 1 saturated heterocycles. The Morgan fingerprint density at radius 3 is 2.94 bits per heavy atom. The molecule has 0 radical (unpaired) electrons. The second-order valence-corrected chi connectivity index (χ2v) is 9.58. The van der Waals surface area contributed by atoms with E-state index in [1.807, 2.05) is 0 Å². The maximum Gasteiger partial charge on any atom is 0.342 e. The average Bonchev–Trinajstić information content (AvgIpc) is 3.42. The standard InChI is InChI=1S/C19H26N7O6P/c1-12(8-27)24-33(29,25-13(2)18(28)30-3)31-10-19(9-20)7-6-16(32-19)14-4-5-15-17(21)22-11-23-26(14)15/h4-5,8,11-13,16H,6-7,10H2,1-3H3,(H2,21,22,23)(H2,24,25,29)/t12-,13-,16+,19+,33?/m0/s1. The van der Waals surface area contributed by atoms with Crippen LogP contribution in [0.1, 0.15) is 38.5 Å². The molecular weight excluding hydrogens is 453 g/mol. The molecule has 0 bridgehead atoms. The summed E-state index contributed by atoms with van der Waals surface area (Å²) in [5.41, 5.74) is 5.76. The van der Waals surface area contributed by atoms with E-state index in [4.69, 9.17) is 15.0 Å². The number of esters is 1. The number of carbonyl (C=O) groups excluding carboxylic acids is 2. The molecule has 0 aliphatic carbocycles. The van der Waals surface area contributed by atoms with Gasteiger partial charge in [-0.2, -0.15) is 10.4 Å². The lowest BCUT2D eigenvalue weighted by Crippen LogP contribution is -2.41. The molecule has 0 saturated carbocycles. The van der Waals surface area contributed by atoms with Crippen LogP contribution in [0.25, 0.3) is 5.52 Å². The molecule has 5 atom stereocenters. The Bertz CT molecular complexity index is 1120. The lowest BCUT2D eigenvalue weighted by Gasteiger charge is -2.28. The molecule has 2 aromatic heterocycles. The van der Waals surface area contributed by atoms with E-state index in [1.54, 1.807) is 16.6 Å². The van der Waals surface area contributed by atoms with Gasteiger partial charge in [-0.25, -0.2) is 19.7 Å². The molecule has 33 heavy (non-hydrogen) atoms. The highest BCUT2D eigenvalue weighted by molar-refractivity contribution is 7.54. The van der Waals surface area contributed by atoms with Gasteiger partial charge in [0.1, 0.15) is 36.3 Å². The third-order valence-electron chi connectivity index (χ3n) is 5.20. The van der Waals surface area contributed by atoms with Crippen molar-refractivity contribution in [1.29, 1.82) is 5.26 Å². The number of aromatic nitrogens is 3.